The Labute approximate surface area is 150 Å². The van der Waals surface area contributed by atoms with E-state index in [-0.39, 0.29) is 17.2 Å². The lowest BCUT2D eigenvalue weighted by molar-refractivity contribution is -0.115. The maximum atomic E-state index is 11.8. The van der Waals surface area contributed by atoms with Gasteiger partial charge in [0.2, 0.25) is 5.91 Å². The van der Waals surface area contributed by atoms with Crippen LogP contribution in [0.5, 0.6) is 11.5 Å². The highest BCUT2D eigenvalue weighted by Crippen LogP contribution is 2.40. The summed E-state index contributed by atoms with van der Waals surface area (Å²) < 4.78 is 11.0. The Morgan fingerprint density at radius 2 is 2.16 bits per heavy atom. The molecule has 25 heavy (non-hydrogen) atoms. The van der Waals surface area contributed by atoms with Crippen LogP contribution < -0.4 is 25.8 Å². The fourth-order valence-electron chi connectivity index (χ4n) is 2.54. The summed E-state index contributed by atoms with van der Waals surface area (Å²) in [6.45, 7) is 3.79. The molecule has 0 aromatic heterocycles. The summed E-state index contributed by atoms with van der Waals surface area (Å²) in [6, 6.07) is 2.00. The van der Waals surface area contributed by atoms with E-state index in [4.69, 9.17) is 33.2 Å². The second kappa shape index (κ2) is 7.81. The van der Waals surface area contributed by atoms with Gasteiger partial charge in [0.15, 0.2) is 11.5 Å². The van der Waals surface area contributed by atoms with Gasteiger partial charge in [0, 0.05) is 5.70 Å². The first kappa shape index (κ1) is 18.5. The van der Waals surface area contributed by atoms with Crippen molar-refractivity contribution in [2.24, 2.45) is 5.73 Å². The van der Waals surface area contributed by atoms with Crippen LogP contribution in [-0.2, 0) is 4.79 Å². The van der Waals surface area contributed by atoms with E-state index >= 15 is 0 Å². The van der Waals surface area contributed by atoms with Crippen molar-refractivity contribution in [3.8, 4) is 23.8 Å². The molecule has 8 heteroatoms. The Morgan fingerprint density at radius 3 is 2.76 bits per heavy atom. The fourth-order valence-corrected chi connectivity index (χ4v) is 2.82. The van der Waals surface area contributed by atoms with Gasteiger partial charge in [-0.25, -0.2) is 4.79 Å². The molecule has 0 unspecified atom stereocenters. The van der Waals surface area contributed by atoms with Crippen LogP contribution in [0.2, 0.25) is 5.02 Å². The number of terminal acetylenes is 1. The third kappa shape index (κ3) is 3.98. The summed E-state index contributed by atoms with van der Waals surface area (Å²) >= 11 is 6.29. The molecule has 4 N–H and O–H groups in total. The molecule has 0 bridgehead atoms. The molecule has 1 heterocycles. The Kier molecular flexibility index (Phi) is 5.78. The summed E-state index contributed by atoms with van der Waals surface area (Å²) in [5.41, 5.74) is 6.60. The summed E-state index contributed by atoms with van der Waals surface area (Å²) in [5, 5.41) is 5.42. The second-order valence-electron chi connectivity index (χ2n) is 5.19. The topological polar surface area (TPSA) is 103 Å². The molecular formula is C17H18ClN3O4. The van der Waals surface area contributed by atoms with E-state index in [0.717, 1.165) is 0 Å². The van der Waals surface area contributed by atoms with E-state index < -0.39 is 18.0 Å². The minimum absolute atomic E-state index is 0.0226. The quantitative estimate of drug-likeness (QED) is 0.671. The number of nitrogens with one attached hydrogen (secondary N) is 2. The molecule has 0 fully saturated rings. The highest BCUT2D eigenvalue weighted by atomic mass is 35.5. The van der Waals surface area contributed by atoms with Crippen LogP contribution in [0.3, 0.4) is 0 Å². The van der Waals surface area contributed by atoms with E-state index in [1.165, 1.54) is 0 Å². The van der Waals surface area contributed by atoms with Crippen molar-refractivity contribution in [3.63, 3.8) is 0 Å². The van der Waals surface area contributed by atoms with Gasteiger partial charge in [-0.2, -0.15) is 0 Å². The van der Waals surface area contributed by atoms with Gasteiger partial charge in [-0.05, 0) is 31.5 Å². The van der Waals surface area contributed by atoms with E-state index in [2.05, 4.69) is 16.6 Å². The summed E-state index contributed by atoms with van der Waals surface area (Å²) in [6.07, 6.45) is 5.21. The number of carbonyl (C=O) groups is 2. The molecule has 3 amide bonds. The van der Waals surface area contributed by atoms with Crippen molar-refractivity contribution < 1.29 is 19.1 Å². The van der Waals surface area contributed by atoms with Crippen molar-refractivity contribution >= 4 is 23.5 Å². The van der Waals surface area contributed by atoms with E-state index in [9.17, 15) is 9.59 Å². The van der Waals surface area contributed by atoms with E-state index in [1.54, 1.807) is 26.0 Å². The highest BCUT2D eigenvalue weighted by Gasteiger charge is 2.31. The Morgan fingerprint density at radius 1 is 1.44 bits per heavy atom. The molecule has 2 rings (SSSR count). The number of hydrogen-bond acceptors (Lipinski definition) is 4. The van der Waals surface area contributed by atoms with Crippen molar-refractivity contribution in [2.75, 3.05) is 13.2 Å². The smallest absolute Gasteiger partial charge is 0.319 e. The molecule has 0 radical (unpaired) electrons. The fraction of sp³-hybridized carbons (Fsp3) is 0.294. The monoisotopic (exact) mass is 363 g/mol. The standard InChI is InChI=1S/C17H18ClN3O4/c1-4-6-25-15-11(18)7-10(8-12(15)24-5-2)14-13(16(19)22)9(3)20-17(23)21-14/h1,7-8,14H,5-6H2,2-3H3,(H2,19,22)(H2,20,21,23)/t14-/m0/s1. The van der Waals surface area contributed by atoms with Crippen LogP contribution in [0.1, 0.15) is 25.5 Å². The number of hydrogen-bond donors (Lipinski definition) is 3. The van der Waals surface area contributed by atoms with Gasteiger partial charge < -0.3 is 25.8 Å². The summed E-state index contributed by atoms with van der Waals surface area (Å²) in [4.78, 5) is 23.6. The van der Waals surface area contributed by atoms with Crippen LogP contribution in [-0.4, -0.2) is 25.2 Å². The number of rotatable bonds is 6. The second-order valence-corrected chi connectivity index (χ2v) is 5.60. The Bertz CT molecular complexity index is 783. The number of primary amides is 1. The molecule has 1 aromatic carbocycles. The lowest BCUT2D eigenvalue weighted by Crippen LogP contribution is -2.46. The minimum atomic E-state index is -0.760. The number of ether oxygens (including phenoxy) is 2. The molecule has 1 aromatic rings. The SMILES string of the molecule is C#CCOc1c(Cl)cc([C@@H]2NC(=O)NC(C)=C2C(N)=O)cc1OCC. The average molecular weight is 364 g/mol. The summed E-state index contributed by atoms with van der Waals surface area (Å²) in [5.74, 6) is 2.35. The zero-order valence-electron chi connectivity index (χ0n) is 13.8. The molecule has 7 nitrogen and oxygen atoms in total. The first-order chi connectivity index (χ1) is 11.9. The van der Waals surface area contributed by atoms with Gasteiger partial charge in [-0.3, -0.25) is 4.79 Å². The molecule has 0 saturated carbocycles. The number of nitrogens with two attached hydrogens (primary N) is 1. The molecule has 1 atom stereocenters. The zero-order valence-corrected chi connectivity index (χ0v) is 14.6. The molecule has 0 aliphatic carbocycles. The molecular weight excluding hydrogens is 346 g/mol. The van der Waals surface area contributed by atoms with Gasteiger partial charge in [-0.1, -0.05) is 17.5 Å². The van der Waals surface area contributed by atoms with Crippen LogP contribution in [0.15, 0.2) is 23.4 Å². The van der Waals surface area contributed by atoms with Crippen molar-refractivity contribution in [3.05, 3.63) is 34.0 Å². The highest BCUT2D eigenvalue weighted by molar-refractivity contribution is 6.32. The molecule has 1 aliphatic heterocycles. The lowest BCUT2D eigenvalue weighted by atomic mass is 9.94. The predicted molar refractivity (Wildman–Crippen MR) is 93.3 cm³/mol. The van der Waals surface area contributed by atoms with Crippen molar-refractivity contribution in [2.45, 2.75) is 19.9 Å². The lowest BCUT2D eigenvalue weighted by Gasteiger charge is -2.28. The van der Waals surface area contributed by atoms with Crippen molar-refractivity contribution in [1.82, 2.24) is 10.6 Å². The molecule has 132 valence electrons. The van der Waals surface area contributed by atoms with Gasteiger partial charge >= 0.3 is 6.03 Å². The van der Waals surface area contributed by atoms with Crippen LogP contribution in [0.4, 0.5) is 4.79 Å². The Balaban J connectivity index is 2.54. The number of allylic oxidation sites excluding steroid dienone is 1. The Hall–Kier alpha value is -2.85. The predicted octanol–water partition coefficient (Wildman–Crippen LogP) is 1.86. The summed E-state index contributed by atoms with van der Waals surface area (Å²) in [7, 11) is 0. The first-order valence-electron chi connectivity index (χ1n) is 7.49. The van der Waals surface area contributed by atoms with E-state index in [1.807, 2.05) is 0 Å². The number of halogens is 1. The largest absolute Gasteiger partial charge is 0.490 e. The van der Waals surface area contributed by atoms with Crippen molar-refractivity contribution in [1.29, 1.82) is 0 Å². The van der Waals surface area contributed by atoms with Crippen LogP contribution >= 0.6 is 11.6 Å². The van der Waals surface area contributed by atoms with Gasteiger partial charge in [0.25, 0.3) is 0 Å². The third-order valence-electron chi connectivity index (χ3n) is 3.50. The average Bonchev–Trinajstić information content (AvgIpc) is 2.53. The van der Waals surface area contributed by atoms with Gasteiger partial charge in [-0.15, -0.1) is 6.42 Å². The number of urea groups is 1. The maximum absolute atomic E-state index is 11.8. The van der Waals surface area contributed by atoms with Crippen LogP contribution in [0, 0.1) is 12.3 Å². The molecule has 0 saturated heterocycles. The number of amides is 3. The van der Waals surface area contributed by atoms with Gasteiger partial charge in [0.05, 0.1) is 23.2 Å². The van der Waals surface area contributed by atoms with Crippen LogP contribution in [0.25, 0.3) is 0 Å². The van der Waals surface area contributed by atoms with E-state index in [0.29, 0.717) is 29.4 Å². The molecule has 1 aliphatic rings. The minimum Gasteiger partial charge on any atom is -0.490 e. The van der Waals surface area contributed by atoms with Gasteiger partial charge in [0.1, 0.15) is 6.61 Å². The third-order valence-corrected chi connectivity index (χ3v) is 3.78. The first-order valence-corrected chi connectivity index (χ1v) is 7.87. The number of benzene rings is 1. The maximum Gasteiger partial charge on any atom is 0.319 e. The normalized spacial score (nSPS) is 16.6. The number of carbonyl (C=O) groups excluding carboxylic acids is 2. The zero-order chi connectivity index (χ0) is 18.6. The molecule has 0 spiro atoms.